The van der Waals surface area contributed by atoms with Crippen LogP contribution in [0.5, 0.6) is 0 Å². The fraction of sp³-hybridized carbons (Fsp3) is 0. The number of aromatic nitrogens is 1. The second-order valence-corrected chi connectivity index (χ2v) is 3.39. The molecule has 0 saturated heterocycles. The van der Waals surface area contributed by atoms with Crippen LogP contribution < -0.4 is 0 Å². The topological polar surface area (TPSA) is 26.0 Å². The van der Waals surface area contributed by atoms with Crippen LogP contribution in [0, 0.1) is 0 Å². The predicted octanol–water partition coefficient (Wildman–Crippen LogP) is 3.49. The molecule has 0 N–H and O–H groups in total. The quantitative estimate of drug-likeness (QED) is 0.594. The molecule has 0 aliphatic rings. The standard InChI is InChI=1S/C13H9NO/c1-3-10-9-11(13-4-2-8-15-13)5-6-12(10)14-7-1/h1-9H. The van der Waals surface area contributed by atoms with E-state index in [-0.39, 0.29) is 0 Å². The fourth-order valence-electron chi connectivity index (χ4n) is 1.67. The SMILES string of the molecule is c1coc(-c2ccc3ncccc3c2)c1. The maximum atomic E-state index is 5.35. The van der Waals surface area contributed by atoms with Crippen LogP contribution in [0.2, 0.25) is 0 Å². The third-order valence-electron chi connectivity index (χ3n) is 2.41. The Morgan fingerprint density at radius 1 is 1.00 bits per heavy atom. The maximum absolute atomic E-state index is 5.35. The molecule has 0 aliphatic heterocycles. The van der Waals surface area contributed by atoms with Crippen LogP contribution in [0.4, 0.5) is 0 Å². The second-order valence-electron chi connectivity index (χ2n) is 3.39. The summed E-state index contributed by atoms with van der Waals surface area (Å²) in [5.74, 6) is 0.890. The van der Waals surface area contributed by atoms with Crippen LogP contribution in [0.3, 0.4) is 0 Å². The van der Waals surface area contributed by atoms with Crippen LogP contribution in [0.1, 0.15) is 0 Å². The zero-order valence-corrected chi connectivity index (χ0v) is 8.05. The molecule has 0 aliphatic carbocycles. The zero-order valence-electron chi connectivity index (χ0n) is 8.05. The van der Waals surface area contributed by atoms with Gasteiger partial charge in [0.1, 0.15) is 5.76 Å². The summed E-state index contributed by atoms with van der Waals surface area (Å²) in [6.45, 7) is 0. The number of pyridine rings is 1. The summed E-state index contributed by atoms with van der Waals surface area (Å²) in [5.41, 5.74) is 2.09. The molecule has 72 valence electrons. The van der Waals surface area contributed by atoms with Crippen molar-refractivity contribution in [1.29, 1.82) is 0 Å². The molecule has 2 aromatic heterocycles. The Kier molecular flexibility index (Phi) is 1.78. The molecule has 0 fully saturated rings. The van der Waals surface area contributed by atoms with Gasteiger partial charge in [-0.25, -0.2) is 0 Å². The van der Waals surface area contributed by atoms with Gasteiger partial charge >= 0.3 is 0 Å². The van der Waals surface area contributed by atoms with Crippen molar-refractivity contribution in [2.24, 2.45) is 0 Å². The van der Waals surface area contributed by atoms with Gasteiger partial charge in [-0.2, -0.15) is 0 Å². The van der Waals surface area contributed by atoms with Crippen molar-refractivity contribution in [3.05, 3.63) is 54.9 Å². The van der Waals surface area contributed by atoms with Crippen molar-refractivity contribution in [2.45, 2.75) is 0 Å². The zero-order chi connectivity index (χ0) is 10.1. The summed E-state index contributed by atoms with van der Waals surface area (Å²) in [7, 11) is 0. The van der Waals surface area contributed by atoms with Crippen molar-refractivity contribution < 1.29 is 4.42 Å². The first-order chi connectivity index (χ1) is 7.43. The second kappa shape index (κ2) is 3.24. The number of hydrogen-bond donors (Lipinski definition) is 0. The number of nitrogens with zero attached hydrogens (tertiary/aromatic N) is 1. The Hall–Kier alpha value is -2.09. The molecule has 15 heavy (non-hydrogen) atoms. The van der Waals surface area contributed by atoms with E-state index >= 15 is 0 Å². The molecule has 2 nitrogen and oxygen atoms in total. The lowest BCUT2D eigenvalue weighted by Gasteiger charge is -1.99. The van der Waals surface area contributed by atoms with Crippen molar-refractivity contribution in [3.63, 3.8) is 0 Å². The minimum absolute atomic E-state index is 0.890. The van der Waals surface area contributed by atoms with Crippen molar-refractivity contribution in [3.8, 4) is 11.3 Å². The lowest BCUT2D eigenvalue weighted by atomic mass is 10.1. The van der Waals surface area contributed by atoms with Gasteiger partial charge in [0, 0.05) is 17.1 Å². The average molecular weight is 195 g/mol. The van der Waals surface area contributed by atoms with Crippen LogP contribution in [0.15, 0.2) is 59.3 Å². The van der Waals surface area contributed by atoms with Gasteiger partial charge in [0.05, 0.1) is 11.8 Å². The normalized spacial score (nSPS) is 10.7. The highest BCUT2D eigenvalue weighted by atomic mass is 16.3. The molecule has 3 aromatic rings. The summed E-state index contributed by atoms with van der Waals surface area (Å²) >= 11 is 0. The number of hydrogen-bond acceptors (Lipinski definition) is 2. The highest BCUT2D eigenvalue weighted by molar-refractivity contribution is 5.83. The van der Waals surface area contributed by atoms with E-state index in [1.165, 1.54) is 0 Å². The minimum atomic E-state index is 0.890. The predicted molar refractivity (Wildman–Crippen MR) is 59.4 cm³/mol. The van der Waals surface area contributed by atoms with Gasteiger partial charge in [0.2, 0.25) is 0 Å². The number of rotatable bonds is 1. The first-order valence-corrected chi connectivity index (χ1v) is 4.82. The highest BCUT2D eigenvalue weighted by Crippen LogP contribution is 2.23. The summed E-state index contributed by atoms with van der Waals surface area (Å²) in [6, 6.07) is 14.0. The summed E-state index contributed by atoms with van der Waals surface area (Å²) in [6.07, 6.45) is 3.48. The molecule has 2 heteroatoms. The lowest BCUT2D eigenvalue weighted by Crippen LogP contribution is -1.78. The Morgan fingerprint density at radius 2 is 2.00 bits per heavy atom. The molecular weight excluding hydrogens is 186 g/mol. The van der Waals surface area contributed by atoms with Gasteiger partial charge in [-0.15, -0.1) is 0 Å². The molecule has 0 amide bonds. The Morgan fingerprint density at radius 3 is 2.87 bits per heavy atom. The third kappa shape index (κ3) is 1.40. The third-order valence-corrected chi connectivity index (χ3v) is 2.41. The minimum Gasteiger partial charge on any atom is -0.464 e. The van der Waals surface area contributed by atoms with Gasteiger partial charge in [0.15, 0.2) is 0 Å². The van der Waals surface area contributed by atoms with E-state index in [1.807, 2.05) is 30.3 Å². The van der Waals surface area contributed by atoms with Gasteiger partial charge in [0.25, 0.3) is 0 Å². The Balaban J connectivity index is 2.22. The fourth-order valence-corrected chi connectivity index (χ4v) is 1.67. The number of furan rings is 1. The van der Waals surface area contributed by atoms with E-state index in [1.54, 1.807) is 12.5 Å². The molecule has 0 atom stereocenters. The first-order valence-electron chi connectivity index (χ1n) is 4.82. The molecule has 1 aromatic carbocycles. The molecule has 0 spiro atoms. The Bertz CT molecular complexity index is 584. The summed E-state index contributed by atoms with van der Waals surface area (Å²) < 4.78 is 5.35. The highest BCUT2D eigenvalue weighted by Gasteiger charge is 2.01. The van der Waals surface area contributed by atoms with Crippen LogP contribution in [-0.2, 0) is 0 Å². The van der Waals surface area contributed by atoms with E-state index in [4.69, 9.17) is 4.42 Å². The molecule has 0 saturated carbocycles. The van der Waals surface area contributed by atoms with Crippen molar-refractivity contribution in [1.82, 2.24) is 4.98 Å². The average Bonchev–Trinajstić information content (AvgIpc) is 2.82. The van der Waals surface area contributed by atoms with Gasteiger partial charge in [-0.1, -0.05) is 6.07 Å². The van der Waals surface area contributed by atoms with E-state index in [0.29, 0.717) is 0 Å². The number of benzene rings is 1. The van der Waals surface area contributed by atoms with E-state index in [0.717, 1.165) is 22.2 Å². The van der Waals surface area contributed by atoms with Gasteiger partial charge in [-0.3, -0.25) is 4.98 Å². The smallest absolute Gasteiger partial charge is 0.133 e. The molecule has 0 unspecified atom stereocenters. The van der Waals surface area contributed by atoms with Crippen LogP contribution in [0.25, 0.3) is 22.2 Å². The summed E-state index contributed by atoms with van der Waals surface area (Å²) in [4.78, 5) is 4.27. The van der Waals surface area contributed by atoms with Gasteiger partial charge in [-0.05, 0) is 36.4 Å². The monoisotopic (exact) mass is 195 g/mol. The van der Waals surface area contributed by atoms with E-state index in [2.05, 4.69) is 17.1 Å². The molecule has 2 heterocycles. The van der Waals surface area contributed by atoms with E-state index < -0.39 is 0 Å². The number of fused-ring (bicyclic) bond motifs is 1. The van der Waals surface area contributed by atoms with Crippen LogP contribution in [-0.4, -0.2) is 4.98 Å². The molecule has 3 rings (SSSR count). The first kappa shape index (κ1) is 8.24. The molecular formula is C13H9NO. The maximum Gasteiger partial charge on any atom is 0.133 e. The van der Waals surface area contributed by atoms with Gasteiger partial charge < -0.3 is 4.42 Å². The Labute approximate surface area is 87.2 Å². The summed E-state index contributed by atoms with van der Waals surface area (Å²) in [5, 5.41) is 1.13. The van der Waals surface area contributed by atoms with Crippen LogP contribution >= 0.6 is 0 Å². The van der Waals surface area contributed by atoms with E-state index in [9.17, 15) is 0 Å². The van der Waals surface area contributed by atoms with Crippen molar-refractivity contribution >= 4 is 10.9 Å². The van der Waals surface area contributed by atoms with Crippen molar-refractivity contribution in [2.75, 3.05) is 0 Å². The molecule has 0 radical (unpaired) electrons. The molecule has 0 bridgehead atoms. The largest absolute Gasteiger partial charge is 0.464 e. The lowest BCUT2D eigenvalue weighted by molar-refractivity contribution is 0.582.